The van der Waals surface area contributed by atoms with Gasteiger partial charge in [0.05, 0.1) is 27.8 Å². The van der Waals surface area contributed by atoms with E-state index in [1.54, 1.807) is 27.2 Å². The maximum absolute atomic E-state index is 11.5. The third-order valence-electron chi connectivity index (χ3n) is 3.34. The van der Waals surface area contributed by atoms with Crippen LogP contribution in [0.5, 0.6) is 11.5 Å². The Labute approximate surface area is 123 Å². The zero-order chi connectivity index (χ0) is 15.4. The monoisotopic (exact) mass is 296 g/mol. The van der Waals surface area contributed by atoms with E-state index in [0.29, 0.717) is 11.5 Å². The fourth-order valence-electron chi connectivity index (χ4n) is 2.33. The van der Waals surface area contributed by atoms with Crippen LogP contribution >= 0.6 is 0 Å². The van der Waals surface area contributed by atoms with Gasteiger partial charge in [-0.2, -0.15) is 0 Å². The van der Waals surface area contributed by atoms with E-state index < -0.39 is 6.10 Å². The predicted molar refractivity (Wildman–Crippen MR) is 74.3 cm³/mol. The maximum Gasteiger partial charge on any atom is 0.308 e. The topological polar surface area (TPSA) is 63.2 Å². The van der Waals surface area contributed by atoms with Crippen LogP contribution < -0.4 is 9.47 Å². The molecule has 1 saturated heterocycles. The molecule has 0 aliphatic carbocycles. The summed E-state index contributed by atoms with van der Waals surface area (Å²) in [6.45, 7) is 1.79. The molecule has 1 fully saturated rings. The molecule has 1 aromatic carbocycles. The highest BCUT2D eigenvalue weighted by Gasteiger charge is 2.37. The molecule has 0 unspecified atom stereocenters. The van der Waals surface area contributed by atoms with Crippen molar-refractivity contribution in [1.29, 1.82) is 0 Å². The first-order valence-corrected chi connectivity index (χ1v) is 6.68. The Hall–Kier alpha value is -1.79. The molecule has 1 aliphatic rings. The summed E-state index contributed by atoms with van der Waals surface area (Å²) >= 11 is 0. The highest BCUT2D eigenvalue weighted by atomic mass is 16.7. The van der Waals surface area contributed by atoms with E-state index in [2.05, 4.69) is 0 Å². The van der Waals surface area contributed by atoms with Crippen molar-refractivity contribution in [2.24, 2.45) is 0 Å². The Morgan fingerprint density at radius 1 is 1.10 bits per heavy atom. The minimum atomic E-state index is -0.399. The second-order valence-electron chi connectivity index (χ2n) is 4.73. The smallest absolute Gasteiger partial charge is 0.308 e. The van der Waals surface area contributed by atoms with E-state index in [1.807, 2.05) is 12.1 Å². The number of hydrogen-bond acceptors (Lipinski definition) is 6. The minimum absolute atomic E-state index is 0.130. The van der Waals surface area contributed by atoms with Crippen molar-refractivity contribution in [3.8, 4) is 11.5 Å². The molecule has 0 bridgehead atoms. The van der Waals surface area contributed by atoms with Crippen molar-refractivity contribution in [3.63, 3.8) is 0 Å². The molecule has 0 aromatic heterocycles. The number of carbonyl (C=O) groups excluding carboxylic acids is 1. The first-order valence-electron chi connectivity index (χ1n) is 6.68. The van der Waals surface area contributed by atoms with E-state index in [9.17, 15) is 4.79 Å². The summed E-state index contributed by atoms with van der Waals surface area (Å²) in [7, 11) is 4.52. The van der Waals surface area contributed by atoms with Crippen LogP contribution in [0, 0.1) is 0 Å². The van der Waals surface area contributed by atoms with Gasteiger partial charge in [0.1, 0.15) is 23.7 Å². The van der Waals surface area contributed by atoms with Crippen molar-refractivity contribution < 1.29 is 28.5 Å². The SMILES string of the molecule is COC(=O)C[C@H]1O[C@@H](C)O[C@@H]1c1cc(OC)cc(OC)c1. The molecule has 6 heteroatoms. The van der Waals surface area contributed by atoms with Crippen LogP contribution in [-0.2, 0) is 19.0 Å². The van der Waals surface area contributed by atoms with E-state index in [0.717, 1.165) is 5.56 Å². The molecule has 0 N–H and O–H groups in total. The quantitative estimate of drug-likeness (QED) is 0.775. The number of ether oxygens (including phenoxy) is 5. The fourth-order valence-corrected chi connectivity index (χ4v) is 2.33. The van der Waals surface area contributed by atoms with Crippen molar-refractivity contribution in [2.45, 2.75) is 31.8 Å². The lowest BCUT2D eigenvalue weighted by atomic mass is 10.0. The van der Waals surface area contributed by atoms with Crippen molar-refractivity contribution in [2.75, 3.05) is 21.3 Å². The summed E-state index contributed by atoms with van der Waals surface area (Å²) in [5.74, 6) is 0.978. The summed E-state index contributed by atoms with van der Waals surface area (Å²) in [6.07, 6.45) is -1.03. The van der Waals surface area contributed by atoms with Gasteiger partial charge in [0, 0.05) is 6.07 Å². The van der Waals surface area contributed by atoms with Gasteiger partial charge in [0.2, 0.25) is 0 Å². The third-order valence-corrected chi connectivity index (χ3v) is 3.34. The first-order chi connectivity index (χ1) is 10.1. The standard InChI is InChI=1S/C15H20O6/c1-9-20-13(8-14(16)19-4)15(21-9)10-5-11(17-2)7-12(6-10)18-3/h5-7,9,13,15H,8H2,1-4H3/t9-,13-,15-/m1/s1. The Balaban J connectivity index is 2.27. The Bertz CT molecular complexity index is 479. The molecule has 21 heavy (non-hydrogen) atoms. The van der Waals surface area contributed by atoms with E-state index in [4.69, 9.17) is 23.7 Å². The van der Waals surface area contributed by atoms with Gasteiger partial charge in [-0.15, -0.1) is 0 Å². The third kappa shape index (κ3) is 3.65. The number of esters is 1. The summed E-state index contributed by atoms with van der Waals surface area (Å²) in [5.41, 5.74) is 0.837. The van der Waals surface area contributed by atoms with Crippen LogP contribution in [0.15, 0.2) is 18.2 Å². The van der Waals surface area contributed by atoms with Gasteiger partial charge in [0.15, 0.2) is 6.29 Å². The molecule has 1 aromatic rings. The zero-order valence-corrected chi connectivity index (χ0v) is 12.6. The highest BCUT2D eigenvalue weighted by molar-refractivity contribution is 5.70. The molecule has 0 saturated carbocycles. The molecule has 1 heterocycles. The van der Waals surface area contributed by atoms with Crippen LogP contribution in [0.25, 0.3) is 0 Å². The van der Waals surface area contributed by atoms with E-state index >= 15 is 0 Å². The Kier molecular flexibility index (Phi) is 5.03. The van der Waals surface area contributed by atoms with Crippen molar-refractivity contribution in [3.05, 3.63) is 23.8 Å². The maximum atomic E-state index is 11.5. The van der Waals surface area contributed by atoms with Gasteiger partial charge in [-0.05, 0) is 24.6 Å². The molecule has 0 radical (unpaired) electrons. The molecule has 6 nitrogen and oxygen atoms in total. The number of methoxy groups -OCH3 is 3. The lowest BCUT2D eigenvalue weighted by Gasteiger charge is -2.17. The average Bonchev–Trinajstić information content (AvgIpc) is 2.86. The van der Waals surface area contributed by atoms with Gasteiger partial charge in [-0.3, -0.25) is 4.79 Å². The number of rotatable bonds is 5. The number of carbonyl (C=O) groups is 1. The molecular formula is C15H20O6. The van der Waals surface area contributed by atoms with Gasteiger partial charge >= 0.3 is 5.97 Å². The largest absolute Gasteiger partial charge is 0.497 e. The van der Waals surface area contributed by atoms with Gasteiger partial charge < -0.3 is 23.7 Å². The van der Waals surface area contributed by atoms with Crippen LogP contribution in [0.4, 0.5) is 0 Å². The Morgan fingerprint density at radius 3 is 2.24 bits per heavy atom. The van der Waals surface area contributed by atoms with Crippen molar-refractivity contribution in [1.82, 2.24) is 0 Å². The van der Waals surface area contributed by atoms with E-state index in [1.165, 1.54) is 7.11 Å². The number of benzene rings is 1. The molecule has 0 amide bonds. The minimum Gasteiger partial charge on any atom is -0.497 e. The van der Waals surface area contributed by atoms with Crippen LogP contribution in [0.1, 0.15) is 25.0 Å². The molecule has 2 rings (SSSR count). The van der Waals surface area contributed by atoms with Gasteiger partial charge in [-0.1, -0.05) is 0 Å². The fraction of sp³-hybridized carbons (Fsp3) is 0.533. The normalized spacial score (nSPS) is 24.7. The molecular weight excluding hydrogens is 276 g/mol. The zero-order valence-electron chi connectivity index (χ0n) is 12.6. The van der Waals surface area contributed by atoms with Crippen LogP contribution in [0.2, 0.25) is 0 Å². The predicted octanol–water partition coefficient (Wildman–Crippen LogP) is 2.07. The first kappa shape index (κ1) is 15.6. The lowest BCUT2D eigenvalue weighted by Crippen LogP contribution is -2.20. The summed E-state index contributed by atoms with van der Waals surface area (Å²) < 4.78 is 26.6. The van der Waals surface area contributed by atoms with Crippen LogP contribution in [-0.4, -0.2) is 39.7 Å². The van der Waals surface area contributed by atoms with E-state index in [-0.39, 0.29) is 24.8 Å². The van der Waals surface area contributed by atoms with Gasteiger partial charge in [-0.25, -0.2) is 0 Å². The molecule has 116 valence electrons. The van der Waals surface area contributed by atoms with Crippen LogP contribution in [0.3, 0.4) is 0 Å². The molecule has 3 atom stereocenters. The van der Waals surface area contributed by atoms with Crippen molar-refractivity contribution >= 4 is 5.97 Å². The summed E-state index contributed by atoms with van der Waals surface area (Å²) in [5, 5.41) is 0. The second-order valence-corrected chi connectivity index (χ2v) is 4.73. The molecule has 0 spiro atoms. The highest BCUT2D eigenvalue weighted by Crippen LogP contribution is 2.37. The average molecular weight is 296 g/mol. The van der Waals surface area contributed by atoms with Gasteiger partial charge in [0.25, 0.3) is 0 Å². The second kappa shape index (κ2) is 6.78. The lowest BCUT2D eigenvalue weighted by molar-refractivity contribution is -0.143. The Morgan fingerprint density at radius 2 is 1.71 bits per heavy atom. The molecule has 1 aliphatic heterocycles. The summed E-state index contributed by atoms with van der Waals surface area (Å²) in [4.78, 5) is 11.5. The number of hydrogen-bond donors (Lipinski definition) is 0. The summed E-state index contributed by atoms with van der Waals surface area (Å²) in [6, 6.07) is 5.47.